The second kappa shape index (κ2) is 6.25. The SMILES string of the molecule is COc1cccc(OC(CN)c2cccc(C)c2)c1. The van der Waals surface area contributed by atoms with Crippen molar-refractivity contribution in [1.29, 1.82) is 0 Å². The molecule has 19 heavy (non-hydrogen) atoms. The molecule has 2 rings (SSSR count). The molecule has 0 aliphatic carbocycles. The van der Waals surface area contributed by atoms with Gasteiger partial charge < -0.3 is 15.2 Å². The summed E-state index contributed by atoms with van der Waals surface area (Å²) in [6.07, 6.45) is -0.146. The Morgan fingerprint density at radius 2 is 1.79 bits per heavy atom. The molecule has 1 atom stereocenters. The van der Waals surface area contributed by atoms with Crippen LogP contribution in [0.25, 0.3) is 0 Å². The Balaban J connectivity index is 2.18. The molecule has 0 radical (unpaired) electrons. The summed E-state index contributed by atoms with van der Waals surface area (Å²) >= 11 is 0. The Hall–Kier alpha value is -2.00. The molecule has 2 aromatic rings. The molecule has 3 heteroatoms. The molecule has 2 aromatic carbocycles. The molecule has 3 nitrogen and oxygen atoms in total. The molecule has 0 aliphatic rings. The van der Waals surface area contributed by atoms with E-state index in [0.29, 0.717) is 6.54 Å². The molecule has 0 amide bonds. The van der Waals surface area contributed by atoms with Crippen molar-refractivity contribution in [1.82, 2.24) is 0 Å². The largest absolute Gasteiger partial charge is 0.497 e. The lowest BCUT2D eigenvalue weighted by atomic mass is 10.1. The van der Waals surface area contributed by atoms with Crippen LogP contribution in [-0.4, -0.2) is 13.7 Å². The summed E-state index contributed by atoms with van der Waals surface area (Å²) in [5.41, 5.74) is 8.10. The minimum Gasteiger partial charge on any atom is -0.497 e. The smallest absolute Gasteiger partial charge is 0.136 e. The van der Waals surface area contributed by atoms with Crippen LogP contribution < -0.4 is 15.2 Å². The first kappa shape index (κ1) is 13.4. The van der Waals surface area contributed by atoms with E-state index in [0.717, 1.165) is 17.1 Å². The topological polar surface area (TPSA) is 44.5 Å². The molecule has 0 fully saturated rings. The van der Waals surface area contributed by atoms with Crippen LogP contribution in [0.2, 0.25) is 0 Å². The summed E-state index contributed by atoms with van der Waals surface area (Å²) in [6.45, 7) is 2.49. The van der Waals surface area contributed by atoms with Gasteiger partial charge in [0.2, 0.25) is 0 Å². The van der Waals surface area contributed by atoms with E-state index in [4.69, 9.17) is 15.2 Å². The molecular formula is C16H19NO2. The van der Waals surface area contributed by atoms with Crippen molar-refractivity contribution in [3.8, 4) is 11.5 Å². The number of aryl methyl sites for hydroxylation is 1. The summed E-state index contributed by atoms with van der Waals surface area (Å²) in [6, 6.07) is 15.8. The molecule has 0 aliphatic heterocycles. The average Bonchev–Trinajstić information content (AvgIpc) is 2.45. The maximum Gasteiger partial charge on any atom is 0.136 e. The zero-order chi connectivity index (χ0) is 13.7. The third-order valence-electron chi connectivity index (χ3n) is 2.95. The fraction of sp³-hybridized carbons (Fsp3) is 0.250. The van der Waals surface area contributed by atoms with E-state index in [1.165, 1.54) is 5.56 Å². The van der Waals surface area contributed by atoms with Gasteiger partial charge in [-0.1, -0.05) is 35.9 Å². The molecular weight excluding hydrogens is 238 g/mol. The van der Waals surface area contributed by atoms with Gasteiger partial charge in [0.05, 0.1) is 7.11 Å². The second-order valence-electron chi connectivity index (χ2n) is 4.44. The van der Waals surface area contributed by atoms with E-state index in [9.17, 15) is 0 Å². The van der Waals surface area contributed by atoms with Crippen molar-refractivity contribution in [3.05, 3.63) is 59.7 Å². The van der Waals surface area contributed by atoms with E-state index in [-0.39, 0.29) is 6.10 Å². The maximum atomic E-state index is 5.94. The summed E-state index contributed by atoms with van der Waals surface area (Å²) in [5, 5.41) is 0. The second-order valence-corrected chi connectivity index (χ2v) is 4.44. The highest BCUT2D eigenvalue weighted by atomic mass is 16.5. The van der Waals surface area contributed by atoms with Gasteiger partial charge >= 0.3 is 0 Å². The van der Waals surface area contributed by atoms with Crippen molar-refractivity contribution in [2.45, 2.75) is 13.0 Å². The summed E-state index contributed by atoms with van der Waals surface area (Å²) < 4.78 is 11.1. The molecule has 0 aromatic heterocycles. The van der Waals surface area contributed by atoms with Crippen LogP contribution in [0.5, 0.6) is 11.5 Å². The van der Waals surface area contributed by atoms with E-state index in [2.05, 4.69) is 19.1 Å². The zero-order valence-electron chi connectivity index (χ0n) is 11.3. The number of benzene rings is 2. The van der Waals surface area contributed by atoms with Crippen molar-refractivity contribution < 1.29 is 9.47 Å². The van der Waals surface area contributed by atoms with Crippen LogP contribution in [0.3, 0.4) is 0 Å². The number of hydrogen-bond acceptors (Lipinski definition) is 3. The standard InChI is InChI=1S/C16H19NO2/c1-12-5-3-6-13(9-12)16(11-17)19-15-8-4-7-14(10-15)18-2/h3-10,16H,11,17H2,1-2H3. The van der Waals surface area contributed by atoms with Gasteiger partial charge in [-0.25, -0.2) is 0 Å². The van der Waals surface area contributed by atoms with Crippen LogP contribution in [0.4, 0.5) is 0 Å². The monoisotopic (exact) mass is 257 g/mol. The first-order chi connectivity index (χ1) is 9.22. The van der Waals surface area contributed by atoms with E-state index in [1.54, 1.807) is 7.11 Å². The van der Waals surface area contributed by atoms with Gasteiger partial charge in [0.1, 0.15) is 17.6 Å². The predicted molar refractivity (Wildman–Crippen MR) is 76.6 cm³/mol. The van der Waals surface area contributed by atoms with Gasteiger partial charge in [-0.05, 0) is 24.6 Å². The highest BCUT2D eigenvalue weighted by molar-refractivity contribution is 5.34. The van der Waals surface area contributed by atoms with E-state index >= 15 is 0 Å². The van der Waals surface area contributed by atoms with Crippen LogP contribution >= 0.6 is 0 Å². The number of methoxy groups -OCH3 is 1. The predicted octanol–water partition coefficient (Wildman–Crippen LogP) is 3.08. The average molecular weight is 257 g/mol. The van der Waals surface area contributed by atoms with Gasteiger partial charge in [0.25, 0.3) is 0 Å². The van der Waals surface area contributed by atoms with Crippen LogP contribution in [-0.2, 0) is 0 Å². The molecule has 100 valence electrons. The van der Waals surface area contributed by atoms with Gasteiger partial charge in [-0.3, -0.25) is 0 Å². The number of rotatable bonds is 5. The molecule has 0 heterocycles. The molecule has 0 spiro atoms. The molecule has 0 bridgehead atoms. The maximum absolute atomic E-state index is 5.94. The van der Waals surface area contributed by atoms with E-state index in [1.807, 2.05) is 36.4 Å². The van der Waals surface area contributed by atoms with Gasteiger partial charge in [-0.15, -0.1) is 0 Å². The van der Waals surface area contributed by atoms with E-state index < -0.39 is 0 Å². The molecule has 1 unspecified atom stereocenters. The quantitative estimate of drug-likeness (QED) is 0.895. The minimum absolute atomic E-state index is 0.146. The van der Waals surface area contributed by atoms with Crippen molar-refractivity contribution in [2.24, 2.45) is 5.73 Å². The lowest BCUT2D eigenvalue weighted by Gasteiger charge is -2.18. The fourth-order valence-corrected chi connectivity index (χ4v) is 1.96. The van der Waals surface area contributed by atoms with Crippen LogP contribution in [0.1, 0.15) is 17.2 Å². The van der Waals surface area contributed by atoms with Crippen LogP contribution in [0.15, 0.2) is 48.5 Å². The van der Waals surface area contributed by atoms with Gasteiger partial charge in [0.15, 0.2) is 0 Å². The number of nitrogens with two attached hydrogens (primary N) is 1. The fourth-order valence-electron chi connectivity index (χ4n) is 1.96. The van der Waals surface area contributed by atoms with Crippen LogP contribution in [0, 0.1) is 6.92 Å². The molecule has 0 saturated heterocycles. The Labute approximate surface area is 114 Å². The third-order valence-corrected chi connectivity index (χ3v) is 2.95. The summed E-state index contributed by atoms with van der Waals surface area (Å²) in [4.78, 5) is 0. The Morgan fingerprint density at radius 3 is 2.47 bits per heavy atom. The van der Waals surface area contributed by atoms with Crippen molar-refractivity contribution >= 4 is 0 Å². The lowest BCUT2D eigenvalue weighted by molar-refractivity contribution is 0.213. The number of hydrogen-bond donors (Lipinski definition) is 1. The zero-order valence-corrected chi connectivity index (χ0v) is 11.3. The highest BCUT2D eigenvalue weighted by Gasteiger charge is 2.11. The summed E-state index contributed by atoms with van der Waals surface area (Å²) in [5.74, 6) is 1.54. The first-order valence-corrected chi connectivity index (χ1v) is 6.30. The third kappa shape index (κ3) is 3.48. The van der Waals surface area contributed by atoms with Gasteiger partial charge in [0, 0.05) is 12.6 Å². The molecule has 2 N–H and O–H groups in total. The lowest BCUT2D eigenvalue weighted by Crippen LogP contribution is -2.18. The van der Waals surface area contributed by atoms with Gasteiger partial charge in [-0.2, -0.15) is 0 Å². The Kier molecular flexibility index (Phi) is 4.42. The summed E-state index contributed by atoms with van der Waals surface area (Å²) in [7, 11) is 1.64. The highest BCUT2D eigenvalue weighted by Crippen LogP contribution is 2.25. The minimum atomic E-state index is -0.146. The van der Waals surface area contributed by atoms with Crippen molar-refractivity contribution in [2.75, 3.05) is 13.7 Å². The normalized spacial score (nSPS) is 11.9. The Morgan fingerprint density at radius 1 is 1.05 bits per heavy atom. The Bertz CT molecular complexity index is 540. The first-order valence-electron chi connectivity index (χ1n) is 6.30. The molecule has 0 saturated carbocycles. The van der Waals surface area contributed by atoms with Crippen molar-refractivity contribution in [3.63, 3.8) is 0 Å². The number of ether oxygens (including phenoxy) is 2.